The minimum atomic E-state index is 0.303. The Balaban J connectivity index is 2.05. The fourth-order valence-electron chi connectivity index (χ4n) is 1.48. The fourth-order valence-corrected chi connectivity index (χ4v) is 1.89. The molecule has 0 saturated carbocycles. The van der Waals surface area contributed by atoms with Gasteiger partial charge < -0.3 is 14.6 Å². The first-order chi connectivity index (χ1) is 8.79. The van der Waals surface area contributed by atoms with Crippen LogP contribution in [0.15, 0.2) is 33.6 Å². The molecule has 0 atom stereocenters. The molecule has 1 N–H and O–H groups in total. The van der Waals surface area contributed by atoms with Crippen molar-refractivity contribution in [1.82, 2.24) is 15.5 Å². The van der Waals surface area contributed by atoms with E-state index in [1.165, 1.54) is 6.39 Å². The molecule has 6 heteroatoms. The zero-order chi connectivity index (χ0) is 12.8. The molecule has 0 fully saturated rings. The van der Waals surface area contributed by atoms with Crippen molar-refractivity contribution in [3.63, 3.8) is 0 Å². The maximum atomic E-state index is 5.69. The third kappa shape index (κ3) is 3.54. The Kier molecular flexibility index (Phi) is 4.72. The number of aromatic nitrogens is 2. The SMILES string of the molecule is CCNCc1cc(Br)ccc1OCc1ncon1. The highest BCUT2D eigenvalue weighted by atomic mass is 79.9. The number of nitrogens with zero attached hydrogens (tertiary/aromatic N) is 2. The summed E-state index contributed by atoms with van der Waals surface area (Å²) in [7, 11) is 0. The predicted octanol–water partition coefficient (Wildman–Crippen LogP) is 2.52. The summed E-state index contributed by atoms with van der Waals surface area (Å²) in [6, 6.07) is 5.91. The number of halogens is 1. The van der Waals surface area contributed by atoms with Crippen molar-refractivity contribution in [1.29, 1.82) is 0 Å². The van der Waals surface area contributed by atoms with E-state index in [4.69, 9.17) is 4.74 Å². The van der Waals surface area contributed by atoms with E-state index in [9.17, 15) is 0 Å². The number of rotatable bonds is 6. The van der Waals surface area contributed by atoms with Crippen molar-refractivity contribution < 1.29 is 9.26 Å². The molecule has 1 heterocycles. The second-order valence-electron chi connectivity index (χ2n) is 3.67. The molecule has 1 aromatic heterocycles. The van der Waals surface area contributed by atoms with Gasteiger partial charge in [0.15, 0.2) is 6.61 Å². The average Bonchev–Trinajstić information content (AvgIpc) is 2.88. The summed E-state index contributed by atoms with van der Waals surface area (Å²) >= 11 is 3.46. The predicted molar refractivity (Wildman–Crippen MR) is 70.2 cm³/mol. The van der Waals surface area contributed by atoms with Gasteiger partial charge in [0.1, 0.15) is 5.75 Å². The van der Waals surface area contributed by atoms with Crippen molar-refractivity contribution in [2.75, 3.05) is 6.54 Å². The average molecular weight is 312 g/mol. The minimum Gasteiger partial charge on any atom is -0.485 e. The van der Waals surface area contributed by atoms with Crippen molar-refractivity contribution in [2.24, 2.45) is 0 Å². The Morgan fingerprint density at radius 3 is 3.06 bits per heavy atom. The van der Waals surface area contributed by atoms with Gasteiger partial charge in [-0.2, -0.15) is 4.98 Å². The molecule has 0 amide bonds. The third-order valence-electron chi connectivity index (χ3n) is 2.35. The lowest BCUT2D eigenvalue weighted by molar-refractivity contribution is 0.283. The summed E-state index contributed by atoms with van der Waals surface area (Å²) in [5.41, 5.74) is 1.09. The molecule has 0 aliphatic rings. The largest absolute Gasteiger partial charge is 0.485 e. The second-order valence-corrected chi connectivity index (χ2v) is 4.58. The molecular weight excluding hydrogens is 298 g/mol. The quantitative estimate of drug-likeness (QED) is 0.888. The van der Waals surface area contributed by atoms with Crippen LogP contribution in [0.25, 0.3) is 0 Å². The topological polar surface area (TPSA) is 60.2 Å². The smallest absolute Gasteiger partial charge is 0.213 e. The molecule has 1 aromatic carbocycles. The zero-order valence-electron chi connectivity index (χ0n) is 10.0. The van der Waals surface area contributed by atoms with Gasteiger partial charge in [-0.05, 0) is 24.7 Å². The molecule has 18 heavy (non-hydrogen) atoms. The van der Waals surface area contributed by atoms with Crippen molar-refractivity contribution in [2.45, 2.75) is 20.1 Å². The molecule has 0 saturated heterocycles. The third-order valence-corrected chi connectivity index (χ3v) is 2.84. The summed E-state index contributed by atoms with van der Waals surface area (Å²) in [4.78, 5) is 3.91. The van der Waals surface area contributed by atoms with Crippen molar-refractivity contribution in [3.8, 4) is 5.75 Å². The fraction of sp³-hybridized carbons (Fsp3) is 0.333. The molecule has 96 valence electrons. The highest BCUT2D eigenvalue weighted by molar-refractivity contribution is 9.10. The summed E-state index contributed by atoms with van der Waals surface area (Å²) in [5, 5.41) is 6.98. The van der Waals surface area contributed by atoms with Crippen LogP contribution in [0.4, 0.5) is 0 Å². The van der Waals surface area contributed by atoms with Gasteiger partial charge >= 0.3 is 0 Å². The van der Waals surface area contributed by atoms with Crippen molar-refractivity contribution >= 4 is 15.9 Å². The Bertz CT molecular complexity index is 488. The maximum absolute atomic E-state index is 5.69. The highest BCUT2D eigenvalue weighted by Gasteiger charge is 2.06. The lowest BCUT2D eigenvalue weighted by Gasteiger charge is -2.11. The van der Waals surface area contributed by atoms with Crippen LogP contribution < -0.4 is 10.1 Å². The Morgan fingerprint density at radius 2 is 2.33 bits per heavy atom. The molecule has 5 nitrogen and oxygen atoms in total. The first kappa shape index (κ1) is 13.0. The van der Waals surface area contributed by atoms with Crippen LogP contribution in [-0.2, 0) is 13.2 Å². The second kappa shape index (κ2) is 6.51. The molecule has 2 aromatic rings. The van der Waals surface area contributed by atoms with Crippen LogP contribution in [0.3, 0.4) is 0 Å². The summed E-state index contributed by atoms with van der Waals surface area (Å²) < 4.78 is 11.4. The molecule has 0 bridgehead atoms. The molecule has 0 unspecified atom stereocenters. The lowest BCUT2D eigenvalue weighted by Crippen LogP contribution is -2.13. The molecule has 2 rings (SSSR count). The minimum absolute atomic E-state index is 0.303. The van der Waals surface area contributed by atoms with Gasteiger partial charge in [0.25, 0.3) is 0 Å². The van der Waals surface area contributed by atoms with Crippen LogP contribution in [0.5, 0.6) is 5.75 Å². The summed E-state index contributed by atoms with van der Waals surface area (Å²) in [6.45, 7) is 4.05. The van der Waals surface area contributed by atoms with Gasteiger partial charge in [-0.15, -0.1) is 0 Å². The highest BCUT2D eigenvalue weighted by Crippen LogP contribution is 2.23. The van der Waals surface area contributed by atoms with Gasteiger partial charge in [-0.3, -0.25) is 0 Å². The van der Waals surface area contributed by atoms with Gasteiger partial charge in [0.2, 0.25) is 12.2 Å². The number of ether oxygens (including phenoxy) is 1. The van der Waals surface area contributed by atoms with Gasteiger partial charge in [0.05, 0.1) is 0 Å². The van der Waals surface area contributed by atoms with Crippen molar-refractivity contribution in [3.05, 3.63) is 40.5 Å². The standard InChI is InChI=1S/C12H14BrN3O2/c1-2-14-6-9-5-10(13)3-4-11(9)17-7-12-15-8-18-16-12/h3-5,8,14H,2,6-7H2,1H3. The van der Waals surface area contributed by atoms with E-state index in [0.717, 1.165) is 28.9 Å². The summed E-state index contributed by atoms with van der Waals surface area (Å²) in [5.74, 6) is 1.36. The molecule has 0 radical (unpaired) electrons. The van der Waals surface area contributed by atoms with Crippen LogP contribution >= 0.6 is 15.9 Å². The molecular formula is C12H14BrN3O2. The zero-order valence-corrected chi connectivity index (χ0v) is 11.6. The summed E-state index contributed by atoms with van der Waals surface area (Å²) in [6.07, 6.45) is 1.29. The van der Waals surface area contributed by atoms with E-state index in [2.05, 4.69) is 42.8 Å². The Morgan fingerprint density at radius 1 is 1.44 bits per heavy atom. The number of benzene rings is 1. The van der Waals surface area contributed by atoms with Crippen LogP contribution in [0.1, 0.15) is 18.3 Å². The maximum Gasteiger partial charge on any atom is 0.213 e. The van der Waals surface area contributed by atoms with Crippen LogP contribution in [0.2, 0.25) is 0 Å². The molecule has 0 spiro atoms. The first-order valence-corrected chi connectivity index (χ1v) is 6.46. The molecule has 0 aliphatic carbocycles. The van der Waals surface area contributed by atoms with Crippen LogP contribution in [0, 0.1) is 0 Å². The van der Waals surface area contributed by atoms with E-state index in [0.29, 0.717) is 12.4 Å². The first-order valence-electron chi connectivity index (χ1n) is 5.66. The van der Waals surface area contributed by atoms with E-state index in [1.54, 1.807) is 0 Å². The number of nitrogens with one attached hydrogen (secondary N) is 1. The van der Waals surface area contributed by atoms with E-state index in [-0.39, 0.29) is 0 Å². The van der Waals surface area contributed by atoms with Gasteiger partial charge in [-0.1, -0.05) is 28.0 Å². The Labute approximate surface area is 114 Å². The van der Waals surface area contributed by atoms with Crippen LogP contribution in [-0.4, -0.2) is 16.7 Å². The van der Waals surface area contributed by atoms with Gasteiger partial charge in [0, 0.05) is 16.6 Å². The van der Waals surface area contributed by atoms with E-state index in [1.807, 2.05) is 18.2 Å². The number of hydrogen-bond donors (Lipinski definition) is 1. The normalized spacial score (nSPS) is 10.6. The monoisotopic (exact) mass is 311 g/mol. The van der Waals surface area contributed by atoms with E-state index < -0.39 is 0 Å². The lowest BCUT2D eigenvalue weighted by atomic mass is 10.2. The van der Waals surface area contributed by atoms with Gasteiger partial charge in [-0.25, -0.2) is 0 Å². The Hall–Kier alpha value is -1.40. The van der Waals surface area contributed by atoms with E-state index >= 15 is 0 Å². The number of hydrogen-bond acceptors (Lipinski definition) is 5. The molecule has 0 aliphatic heterocycles.